The second-order valence-corrected chi connectivity index (χ2v) is 7.88. The van der Waals surface area contributed by atoms with Gasteiger partial charge in [-0.15, -0.1) is 22.7 Å². The van der Waals surface area contributed by atoms with Crippen LogP contribution in [0.1, 0.15) is 28.0 Å². The number of hydrogen-bond donors (Lipinski definition) is 0. The van der Waals surface area contributed by atoms with Gasteiger partial charge in [-0.25, -0.2) is 9.80 Å². The van der Waals surface area contributed by atoms with E-state index in [2.05, 4.69) is 5.10 Å². The lowest BCUT2D eigenvalue weighted by Crippen LogP contribution is -2.30. The highest BCUT2D eigenvalue weighted by atomic mass is 32.1. The van der Waals surface area contributed by atoms with Gasteiger partial charge in [0.15, 0.2) is 6.61 Å². The topological polar surface area (TPSA) is 72.1 Å². The SMILES string of the molecule is O=C(/C=C/c1ccco1)OCC(=O)N1N=C(c2cccs2)C[C@H]1c1cccs1. The summed E-state index contributed by atoms with van der Waals surface area (Å²) in [6.45, 7) is -0.371. The molecule has 0 bridgehead atoms. The van der Waals surface area contributed by atoms with Crippen LogP contribution in [0.5, 0.6) is 0 Å². The van der Waals surface area contributed by atoms with Crippen LogP contribution in [0.2, 0.25) is 0 Å². The van der Waals surface area contributed by atoms with E-state index in [9.17, 15) is 9.59 Å². The molecule has 0 saturated heterocycles. The molecule has 0 saturated carbocycles. The fourth-order valence-electron chi connectivity index (χ4n) is 2.82. The van der Waals surface area contributed by atoms with E-state index in [-0.39, 0.29) is 18.6 Å². The van der Waals surface area contributed by atoms with E-state index in [1.807, 2.05) is 35.0 Å². The number of thiophene rings is 2. The van der Waals surface area contributed by atoms with Crippen LogP contribution in [-0.4, -0.2) is 29.2 Å². The van der Waals surface area contributed by atoms with Gasteiger partial charge in [-0.1, -0.05) is 12.1 Å². The fraction of sp³-hybridized carbons (Fsp3) is 0.150. The number of rotatable bonds is 6. The molecule has 0 fully saturated rings. The summed E-state index contributed by atoms with van der Waals surface area (Å²) in [5.41, 5.74) is 0.866. The van der Waals surface area contributed by atoms with E-state index in [1.54, 1.807) is 34.8 Å². The van der Waals surface area contributed by atoms with Crippen molar-refractivity contribution in [2.24, 2.45) is 5.10 Å². The third kappa shape index (κ3) is 4.13. The summed E-state index contributed by atoms with van der Waals surface area (Å²) in [5.74, 6) is -0.436. The summed E-state index contributed by atoms with van der Waals surface area (Å²) in [6, 6.07) is 11.1. The quantitative estimate of drug-likeness (QED) is 0.446. The third-order valence-corrected chi connectivity index (χ3v) is 6.00. The van der Waals surface area contributed by atoms with Gasteiger partial charge in [0.1, 0.15) is 5.76 Å². The maximum Gasteiger partial charge on any atom is 0.331 e. The zero-order chi connectivity index (χ0) is 19.3. The molecular formula is C20H16N2O4S2. The number of carbonyl (C=O) groups excluding carboxylic acids is 2. The Hall–Kier alpha value is -2.97. The van der Waals surface area contributed by atoms with Gasteiger partial charge < -0.3 is 9.15 Å². The number of esters is 1. The van der Waals surface area contributed by atoms with Crippen molar-refractivity contribution in [1.29, 1.82) is 0 Å². The van der Waals surface area contributed by atoms with E-state index >= 15 is 0 Å². The lowest BCUT2D eigenvalue weighted by atomic mass is 10.1. The van der Waals surface area contributed by atoms with E-state index < -0.39 is 5.97 Å². The Kier molecular flexibility index (Phi) is 5.50. The van der Waals surface area contributed by atoms with Gasteiger partial charge >= 0.3 is 5.97 Å². The molecule has 1 atom stereocenters. The smallest absolute Gasteiger partial charge is 0.331 e. The van der Waals surface area contributed by atoms with Crippen molar-refractivity contribution >= 4 is 46.3 Å². The molecule has 142 valence electrons. The average molecular weight is 412 g/mol. The van der Waals surface area contributed by atoms with Crippen LogP contribution in [-0.2, 0) is 14.3 Å². The van der Waals surface area contributed by atoms with Crippen molar-refractivity contribution in [3.05, 3.63) is 75.0 Å². The Labute approximate surface area is 169 Å². The van der Waals surface area contributed by atoms with Gasteiger partial charge in [-0.2, -0.15) is 5.10 Å². The number of hydrogen-bond acceptors (Lipinski definition) is 7. The number of ether oxygens (including phenoxy) is 1. The van der Waals surface area contributed by atoms with Crippen molar-refractivity contribution in [2.75, 3.05) is 6.61 Å². The summed E-state index contributed by atoms with van der Waals surface area (Å²) >= 11 is 3.17. The molecule has 0 radical (unpaired) electrons. The number of carbonyl (C=O) groups is 2. The van der Waals surface area contributed by atoms with Crippen LogP contribution in [0, 0.1) is 0 Å². The first kappa shape index (κ1) is 18.4. The van der Waals surface area contributed by atoms with Crippen molar-refractivity contribution < 1.29 is 18.7 Å². The van der Waals surface area contributed by atoms with Gasteiger partial charge in [-0.05, 0) is 41.1 Å². The standard InChI is InChI=1S/C20H16N2O4S2/c23-19(13-26-20(24)8-7-14-4-1-9-25-14)22-16(18-6-3-11-28-18)12-15(21-22)17-5-2-10-27-17/h1-11,16H,12-13H2/b8-7+/t16-/m0/s1. The summed E-state index contributed by atoms with van der Waals surface area (Å²) in [7, 11) is 0. The van der Waals surface area contributed by atoms with Crippen LogP contribution in [0.3, 0.4) is 0 Å². The molecule has 3 aromatic rings. The Morgan fingerprint density at radius 2 is 2.07 bits per heavy atom. The number of nitrogens with zero attached hydrogens (tertiary/aromatic N) is 2. The second-order valence-electron chi connectivity index (χ2n) is 5.95. The first-order chi connectivity index (χ1) is 13.7. The highest BCUT2D eigenvalue weighted by Crippen LogP contribution is 2.35. The monoisotopic (exact) mass is 412 g/mol. The van der Waals surface area contributed by atoms with Crippen LogP contribution in [0.15, 0.2) is 69.0 Å². The molecule has 8 heteroatoms. The van der Waals surface area contributed by atoms with Crippen molar-refractivity contribution in [3.63, 3.8) is 0 Å². The minimum Gasteiger partial charge on any atom is -0.465 e. The summed E-state index contributed by atoms with van der Waals surface area (Å²) in [4.78, 5) is 26.7. The minimum absolute atomic E-state index is 0.179. The average Bonchev–Trinajstić information content (AvgIpc) is 3.50. The van der Waals surface area contributed by atoms with Gasteiger partial charge in [0, 0.05) is 17.4 Å². The Balaban J connectivity index is 1.43. The molecule has 6 nitrogen and oxygen atoms in total. The first-order valence-corrected chi connectivity index (χ1v) is 10.3. The molecule has 28 heavy (non-hydrogen) atoms. The molecular weight excluding hydrogens is 396 g/mol. The normalized spacial score (nSPS) is 16.5. The van der Waals surface area contributed by atoms with Crippen molar-refractivity contribution in [3.8, 4) is 0 Å². The van der Waals surface area contributed by atoms with Gasteiger partial charge in [0.25, 0.3) is 5.91 Å². The Bertz CT molecular complexity index is 989. The van der Waals surface area contributed by atoms with Gasteiger partial charge in [0.05, 0.1) is 22.9 Å². The molecule has 4 rings (SSSR count). The molecule has 0 unspecified atom stereocenters. The number of amides is 1. The molecule has 4 heterocycles. The van der Waals surface area contributed by atoms with E-state index in [1.165, 1.54) is 23.4 Å². The second kappa shape index (κ2) is 8.37. The van der Waals surface area contributed by atoms with Crippen molar-refractivity contribution in [2.45, 2.75) is 12.5 Å². The Morgan fingerprint density at radius 1 is 1.21 bits per heavy atom. The van der Waals surface area contributed by atoms with E-state index in [0.29, 0.717) is 12.2 Å². The van der Waals surface area contributed by atoms with Crippen molar-refractivity contribution in [1.82, 2.24) is 5.01 Å². The maximum absolute atomic E-state index is 12.7. The zero-order valence-electron chi connectivity index (χ0n) is 14.7. The molecule has 1 amide bonds. The van der Waals surface area contributed by atoms with Crippen LogP contribution in [0.25, 0.3) is 6.08 Å². The summed E-state index contributed by atoms with van der Waals surface area (Å²) in [6.07, 6.45) is 4.87. The highest BCUT2D eigenvalue weighted by Gasteiger charge is 2.34. The lowest BCUT2D eigenvalue weighted by Gasteiger charge is -2.20. The zero-order valence-corrected chi connectivity index (χ0v) is 16.3. The third-order valence-electron chi connectivity index (χ3n) is 4.11. The Morgan fingerprint density at radius 3 is 2.79 bits per heavy atom. The molecule has 0 aromatic carbocycles. The lowest BCUT2D eigenvalue weighted by molar-refractivity contribution is -0.149. The van der Waals surface area contributed by atoms with Crippen LogP contribution < -0.4 is 0 Å². The summed E-state index contributed by atoms with van der Waals surface area (Å²) in [5, 5.41) is 9.92. The molecule has 1 aliphatic heterocycles. The van der Waals surface area contributed by atoms with Gasteiger partial charge in [0.2, 0.25) is 0 Å². The maximum atomic E-state index is 12.7. The molecule has 0 aliphatic carbocycles. The predicted octanol–water partition coefficient (Wildman–Crippen LogP) is 4.34. The molecule has 1 aliphatic rings. The van der Waals surface area contributed by atoms with E-state index in [4.69, 9.17) is 9.15 Å². The first-order valence-electron chi connectivity index (χ1n) is 8.56. The van der Waals surface area contributed by atoms with Crippen LogP contribution >= 0.6 is 22.7 Å². The van der Waals surface area contributed by atoms with Gasteiger partial charge in [-0.3, -0.25) is 4.79 Å². The highest BCUT2D eigenvalue weighted by molar-refractivity contribution is 7.12. The predicted molar refractivity (Wildman–Crippen MR) is 108 cm³/mol. The van der Waals surface area contributed by atoms with Crippen LogP contribution in [0.4, 0.5) is 0 Å². The fourth-order valence-corrected chi connectivity index (χ4v) is 4.35. The largest absolute Gasteiger partial charge is 0.465 e. The minimum atomic E-state index is -0.612. The molecule has 3 aromatic heterocycles. The summed E-state index contributed by atoms with van der Waals surface area (Å²) < 4.78 is 10.2. The number of furan rings is 1. The van der Waals surface area contributed by atoms with E-state index in [0.717, 1.165) is 15.5 Å². The molecule has 0 spiro atoms. The molecule has 0 N–H and O–H groups in total. The number of hydrazone groups is 1.